The van der Waals surface area contributed by atoms with Crippen LogP contribution in [-0.2, 0) is 6.54 Å². The van der Waals surface area contributed by atoms with Crippen molar-refractivity contribution in [3.05, 3.63) is 34.9 Å². The first-order chi connectivity index (χ1) is 10.1. The summed E-state index contributed by atoms with van der Waals surface area (Å²) in [4.78, 5) is 12.9. The predicted octanol–water partition coefficient (Wildman–Crippen LogP) is 2.79. The van der Waals surface area contributed by atoms with Crippen LogP contribution in [-0.4, -0.2) is 33.6 Å². The highest BCUT2D eigenvalue weighted by Crippen LogP contribution is 2.24. The zero-order valence-corrected chi connectivity index (χ0v) is 13.5. The molecule has 3 N–H and O–H groups in total. The molecule has 6 nitrogen and oxygen atoms in total. The molecule has 0 saturated heterocycles. The number of thioether (sulfide) groups is 1. The lowest BCUT2D eigenvalue weighted by Gasteiger charge is -2.11. The molecule has 21 heavy (non-hydrogen) atoms. The first kappa shape index (κ1) is 15.6. The van der Waals surface area contributed by atoms with Crippen molar-refractivity contribution in [1.82, 2.24) is 20.1 Å². The van der Waals surface area contributed by atoms with Crippen molar-refractivity contribution in [1.29, 1.82) is 0 Å². The highest BCUT2D eigenvalue weighted by molar-refractivity contribution is 7.98. The van der Waals surface area contributed by atoms with Crippen LogP contribution in [0.4, 0.5) is 10.5 Å². The van der Waals surface area contributed by atoms with Gasteiger partial charge in [0.1, 0.15) is 5.82 Å². The zero-order valence-electron chi connectivity index (χ0n) is 11.8. The lowest BCUT2D eigenvalue weighted by molar-refractivity contribution is 0.251. The molecule has 2 aromatic rings. The monoisotopic (exact) mass is 323 g/mol. The van der Waals surface area contributed by atoms with Crippen molar-refractivity contribution in [3.8, 4) is 0 Å². The third-order valence-corrected chi connectivity index (χ3v) is 4.03. The van der Waals surface area contributed by atoms with Crippen LogP contribution in [0.3, 0.4) is 0 Å². The van der Waals surface area contributed by atoms with Crippen molar-refractivity contribution in [2.45, 2.75) is 18.4 Å². The number of urea groups is 1. The highest BCUT2D eigenvalue weighted by Gasteiger charge is 2.06. The van der Waals surface area contributed by atoms with Crippen molar-refractivity contribution in [2.24, 2.45) is 0 Å². The average Bonchev–Trinajstić information content (AvgIpc) is 2.79. The Morgan fingerprint density at radius 3 is 2.90 bits per heavy atom. The van der Waals surface area contributed by atoms with Crippen molar-refractivity contribution >= 4 is 35.7 Å². The number of para-hydroxylation sites is 1. The molecule has 8 heteroatoms. The maximum absolute atomic E-state index is 11.9. The van der Waals surface area contributed by atoms with E-state index in [0.29, 0.717) is 17.9 Å². The van der Waals surface area contributed by atoms with Crippen molar-refractivity contribution in [2.75, 3.05) is 18.1 Å². The maximum atomic E-state index is 11.9. The van der Waals surface area contributed by atoms with Gasteiger partial charge in [0.15, 0.2) is 4.77 Å². The number of aromatic nitrogens is 3. The third-order valence-electron chi connectivity index (χ3n) is 2.93. The Morgan fingerprint density at radius 1 is 1.48 bits per heavy atom. The van der Waals surface area contributed by atoms with Gasteiger partial charge in [-0.2, -0.15) is 5.10 Å². The van der Waals surface area contributed by atoms with Crippen LogP contribution in [0.15, 0.2) is 29.2 Å². The molecule has 0 radical (unpaired) electrons. The number of aryl methyl sites for hydroxylation is 1. The molecular formula is C13H17N5OS2. The van der Waals surface area contributed by atoms with E-state index in [-0.39, 0.29) is 6.03 Å². The van der Waals surface area contributed by atoms with Gasteiger partial charge in [-0.25, -0.2) is 4.79 Å². The molecule has 0 unspecified atom stereocenters. The Kier molecular flexibility index (Phi) is 5.40. The summed E-state index contributed by atoms with van der Waals surface area (Å²) in [7, 11) is 0. The van der Waals surface area contributed by atoms with Gasteiger partial charge in [0, 0.05) is 18.0 Å². The number of hydrogen-bond donors (Lipinski definition) is 3. The molecule has 112 valence electrons. The van der Waals surface area contributed by atoms with Gasteiger partial charge >= 0.3 is 6.03 Å². The second-order valence-corrected chi connectivity index (χ2v) is 5.54. The summed E-state index contributed by atoms with van der Waals surface area (Å²) in [5.74, 6) is 0.801. The predicted molar refractivity (Wildman–Crippen MR) is 87.4 cm³/mol. The Hall–Kier alpha value is -1.80. The normalized spacial score (nSPS) is 10.4. The number of hydrogen-bond acceptors (Lipinski definition) is 4. The summed E-state index contributed by atoms with van der Waals surface area (Å²) in [5, 5.41) is 12.4. The van der Waals surface area contributed by atoms with E-state index in [1.54, 1.807) is 11.8 Å². The standard InChI is InChI=1S/C13H17N5OS2/c1-9-16-17-13(20)18(9)8-7-14-12(19)15-10-5-3-4-6-11(10)21-2/h3-6H,7-8H2,1-2H3,(H,17,20)(H2,14,15,19). The fourth-order valence-corrected chi connectivity index (χ4v) is 2.68. The number of benzene rings is 1. The molecule has 0 saturated carbocycles. The summed E-state index contributed by atoms with van der Waals surface area (Å²) < 4.78 is 2.40. The van der Waals surface area contributed by atoms with E-state index in [2.05, 4.69) is 20.8 Å². The SMILES string of the molecule is CSc1ccccc1NC(=O)NCCn1c(C)n[nH]c1=S. The lowest BCUT2D eigenvalue weighted by atomic mass is 10.3. The van der Waals surface area contributed by atoms with E-state index in [1.165, 1.54) is 0 Å². The first-order valence-electron chi connectivity index (χ1n) is 6.41. The number of H-pyrrole nitrogens is 1. The van der Waals surface area contributed by atoms with Crippen LogP contribution < -0.4 is 10.6 Å². The molecule has 0 atom stereocenters. The van der Waals surface area contributed by atoms with Crippen molar-refractivity contribution < 1.29 is 4.79 Å². The van der Waals surface area contributed by atoms with Gasteiger partial charge in [-0.05, 0) is 37.5 Å². The number of amides is 2. The summed E-state index contributed by atoms with van der Waals surface area (Å²) in [5.41, 5.74) is 0.804. The molecule has 1 aromatic heterocycles. The number of anilines is 1. The Morgan fingerprint density at radius 2 is 2.24 bits per heavy atom. The lowest BCUT2D eigenvalue weighted by Crippen LogP contribution is -2.31. The molecule has 2 rings (SSSR count). The number of aromatic amines is 1. The fourth-order valence-electron chi connectivity index (χ4n) is 1.86. The van der Waals surface area contributed by atoms with Crippen LogP contribution in [0.2, 0.25) is 0 Å². The number of carbonyl (C=O) groups excluding carboxylic acids is 1. The summed E-state index contributed by atoms with van der Waals surface area (Å²) in [6.07, 6.45) is 1.97. The molecule has 2 amide bonds. The molecule has 0 spiro atoms. The van der Waals surface area contributed by atoms with E-state index in [1.807, 2.05) is 42.0 Å². The topological polar surface area (TPSA) is 74.7 Å². The summed E-state index contributed by atoms with van der Waals surface area (Å²) >= 11 is 6.69. The minimum absolute atomic E-state index is 0.232. The third kappa shape index (κ3) is 4.08. The zero-order chi connectivity index (χ0) is 15.2. The Balaban J connectivity index is 1.87. The van der Waals surface area contributed by atoms with Gasteiger partial charge in [0.2, 0.25) is 0 Å². The van der Waals surface area contributed by atoms with Crippen molar-refractivity contribution in [3.63, 3.8) is 0 Å². The minimum atomic E-state index is -0.232. The molecule has 0 fully saturated rings. The Labute approximate surface area is 132 Å². The van der Waals surface area contributed by atoms with Gasteiger partial charge < -0.3 is 15.2 Å². The molecular weight excluding hydrogens is 306 g/mol. The Bertz CT molecular complexity index is 679. The first-order valence-corrected chi connectivity index (χ1v) is 8.05. The minimum Gasteiger partial charge on any atom is -0.336 e. The molecule has 0 aliphatic carbocycles. The van der Waals surface area contributed by atoms with Gasteiger partial charge in [0.25, 0.3) is 0 Å². The van der Waals surface area contributed by atoms with Gasteiger partial charge in [-0.15, -0.1) is 11.8 Å². The summed E-state index contributed by atoms with van der Waals surface area (Å²) in [6, 6.07) is 7.45. The van der Waals surface area contributed by atoms with E-state index in [0.717, 1.165) is 16.4 Å². The average molecular weight is 323 g/mol. The van der Waals surface area contributed by atoms with Gasteiger partial charge in [-0.3, -0.25) is 5.10 Å². The fraction of sp³-hybridized carbons (Fsp3) is 0.308. The second kappa shape index (κ2) is 7.28. The quantitative estimate of drug-likeness (QED) is 0.584. The van der Waals surface area contributed by atoms with Crippen LogP contribution in [0, 0.1) is 11.7 Å². The molecule has 0 aliphatic rings. The highest BCUT2D eigenvalue weighted by atomic mass is 32.2. The van der Waals surface area contributed by atoms with Gasteiger partial charge in [-0.1, -0.05) is 12.1 Å². The number of carbonyl (C=O) groups is 1. The van der Waals surface area contributed by atoms with E-state index < -0.39 is 0 Å². The maximum Gasteiger partial charge on any atom is 0.319 e. The second-order valence-electron chi connectivity index (χ2n) is 4.31. The largest absolute Gasteiger partial charge is 0.336 e. The van der Waals surface area contributed by atoms with E-state index in [9.17, 15) is 4.79 Å². The molecule has 1 heterocycles. The van der Waals surface area contributed by atoms with Crippen LogP contribution in [0.25, 0.3) is 0 Å². The number of nitrogens with one attached hydrogen (secondary N) is 3. The molecule has 0 bridgehead atoms. The van der Waals surface area contributed by atoms with Crippen LogP contribution in [0.5, 0.6) is 0 Å². The van der Waals surface area contributed by atoms with Gasteiger partial charge in [0.05, 0.1) is 5.69 Å². The smallest absolute Gasteiger partial charge is 0.319 e. The summed E-state index contributed by atoms with van der Waals surface area (Å²) in [6.45, 7) is 2.92. The molecule has 1 aromatic carbocycles. The van der Waals surface area contributed by atoms with E-state index in [4.69, 9.17) is 12.2 Å². The van der Waals surface area contributed by atoms with Crippen LogP contribution >= 0.6 is 24.0 Å². The number of nitrogens with zero attached hydrogens (tertiary/aromatic N) is 2. The van der Waals surface area contributed by atoms with Crippen LogP contribution in [0.1, 0.15) is 5.82 Å². The molecule has 0 aliphatic heterocycles. The van der Waals surface area contributed by atoms with E-state index >= 15 is 0 Å². The number of rotatable bonds is 5.